The SMILES string of the molecule is Cc1ccc(C[C@H](NC=O)C(=O)O)cc1C. The fourth-order valence-corrected chi connectivity index (χ4v) is 1.47. The third kappa shape index (κ3) is 3.08. The number of aliphatic carboxylic acids is 1. The van der Waals surface area contributed by atoms with Crippen molar-refractivity contribution in [1.82, 2.24) is 5.32 Å². The van der Waals surface area contributed by atoms with Gasteiger partial charge in [-0.3, -0.25) is 4.79 Å². The van der Waals surface area contributed by atoms with Crippen molar-refractivity contribution in [2.45, 2.75) is 26.3 Å². The van der Waals surface area contributed by atoms with Gasteiger partial charge in [-0.2, -0.15) is 0 Å². The zero-order valence-corrected chi connectivity index (χ0v) is 9.36. The van der Waals surface area contributed by atoms with E-state index in [1.807, 2.05) is 32.0 Å². The molecule has 0 aliphatic carbocycles. The molecule has 0 spiro atoms. The Morgan fingerprint density at radius 1 is 1.44 bits per heavy atom. The maximum absolute atomic E-state index is 10.8. The maximum atomic E-state index is 10.8. The lowest BCUT2D eigenvalue weighted by atomic mass is 10.0. The van der Waals surface area contributed by atoms with Gasteiger partial charge in [0.1, 0.15) is 6.04 Å². The van der Waals surface area contributed by atoms with Gasteiger partial charge in [-0.05, 0) is 30.5 Å². The Morgan fingerprint density at radius 2 is 2.12 bits per heavy atom. The topological polar surface area (TPSA) is 66.4 Å². The summed E-state index contributed by atoms with van der Waals surface area (Å²) in [4.78, 5) is 21.1. The molecule has 0 radical (unpaired) electrons. The highest BCUT2D eigenvalue weighted by molar-refractivity contribution is 5.76. The van der Waals surface area contributed by atoms with Gasteiger partial charge < -0.3 is 10.4 Å². The molecule has 4 heteroatoms. The van der Waals surface area contributed by atoms with Crippen LogP contribution in [0.2, 0.25) is 0 Å². The van der Waals surface area contributed by atoms with Gasteiger partial charge in [0.15, 0.2) is 0 Å². The van der Waals surface area contributed by atoms with Crippen molar-refractivity contribution < 1.29 is 14.7 Å². The average molecular weight is 221 g/mol. The Hall–Kier alpha value is -1.84. The van der Waals surface area contributed by atoms with Crippen LogP contribution in [0, 0.1) is 13.8 Å². The molecule has 0 bridgehead atoms. The smallest absolute Gasteiger partial charge is 0.326 e. The van der Waals surface area contributed by atoms with Crippen molar-refractivity contribution >= 4 is 12.4 Å². The first-order chi connectivity index (χ1) is 7.54. The number of amides is 1. The summed E-state index contributed by atoms with van der Waals surface area (Å²) < 4.78 is 0. The van der Waals surface area contributed by atoms with E-state index in [1.165, 1.54) is 5.56 Å². The molecular weight excluding hydrogens is 206 g/mol. The van der Waals surface area contributed by atoms with Crippen LogP contribution in [0.15, 0.2) is 18.2 Å². The Kier molecular flexibility index (Phi) is 4.05. The average Bonchev–Trinajstić information content (AvgIpc) is 2.22. The van der Waals surface area contributed by atoms with E-state index in [2.05, 4.69) is 5.32 Å². The minimum absolute atomic E-state index is 0.301. The van der Waals surface area contributed by atoms with Crippen molar-refractivity contribution in [2.75, 3.05) is 0 Å². The number of carbonyl (C=O) groups excluding carboxylic acids is 1. The zero-order chi connectivity index (χ0) is 12.1. The number of rotatable bonds is 5. The monoisotopic (exact) mass is 221 g/mol. The van der Waals surface area contributed by atoms with Crippen LogP contribution in [0.4, 0.5) is 0 Å². The van der Waals surface area contributed by atoms with Gasteiger partial charge in [0.25, 0.3) is 0 Å². The summed E-state index contributed by atoms with van der Waals surface area (Å²) in [5.74, 6) is -1.02. The lowest BCUT2D eigenvalue weighted by molar-refractivity contribution is -0.140. The second kappa shape index (κ2) is 5.30. The number of hydrogen-bond acceptors (Lipinski definition) is 2. The minimum atomic E-state index is -1.02. The van der Waals surface area contributed by atoms with Crippen molar-refractivity contribution in [3.8, 4) is 0 Å². The molecule has 0 aromatic heterocycles. The molecule has 1 aromatic rings. The number of aryl methyl sites for hydroxylation is 2. The van der Waals surface area contributed by atoms with E-state index in [0.717, 1.165) is 11.1 Å². The summed E-state index contributed by atoms with van der Waals surface area (Å²) in [6, 6.07) is 4.91. The zero-order valence-electron chi connectivity index (χ0n) is 9.36. The second-order valence-electron chi connectivity index (χ2n) is 3.80. The van der Waals surface area contributed by atoms with E-state index in [9.17, 15) is 9.59 Å². The van der Waals surface area contributed by atoms with Gasteiger partial charge in [0.05, 0.1) is 0 Å². The van der Waals surface area contributed by atoms with Gasteiger partial charge in [0.2, 0.25) is 6.41 Å². The number of carbonyl (C=O) groups is 2. The summed E-state index contributed by atoms with van der Waals surface area (Å²) in [5.41, 5.74) is 3.19. The van der Waals surface area contributed by atoms with Crippen LogP contribution in [-0.2, 0) is 16.0 Å². The van der Waals surface area contributed by atoms with Crippen LogP contribution in [-0.4, -0.2) is 23.5 Å². The summed E-state index contributed by atoms with van der Waals surface area (Å²) in [6.07, 6.45) is 0.717. The van der Waals surface area contributed by atoms with E-state index in [0.29, 0.717) is 12.8 Å². The van der Waals surface area contributed by atoms with Crippen molar-refractivity contribution in [3.05, 3.63) is 34.9 Å². The lowest BCUT2D eigenvalue weighted by Gasteiger charge is -2.12. The van der Waals surface area contributed by atoms with Crippen LogP contribution in [0.1, 0.15) is 16.7 Å². The Labute approximate surface area is 94.3 Å². The summed E-state index contributed by atoms with van der Waals surface area (Å²) in [6.45, 7) is 3.97. The first-order valence-corrected chi connectivity index (χ1v) is 5.03. The maximum Gasteiger partial charge on any atom is 0.326 e. The number of carboxylic acid groups (broad SMARTS) is 1. The lowest BCUT2D eigenvalue weighted by Crippen LogP contribution is -2.37. The standard InChI is InChI=1S/C12H15NO3/c1-8-3-4-10(5-9(8)2)6-11(12(15)16)13-7-14/h3-5,7,11H,6H2,1-2H3,(H,13,14)(H,15,16)/t11-/m0/s1. The van der Waals surface area contributed by atoms with Crippen molar-refractivity contribution in [3.63, 3.8) is 0 Å². The molecule has 0 heterocycles. The van der Waals surface area contributed by atoms with E-state index >= 15 is 0 Å². The fraction of sp³-hybridized carbons (Fsp3) is 0.333. The molecule has 0 saturated heterocycles. The first kappa shape index (κ1) is 12.2. The van der Waals surface area contributed by atoms with E-state index < -0.39 is 12.0 Å². The van der Waals surface area contributed by atoms with Gasteiger partial charge in [0, 0.05) is 6.42 Å². The highest BCUT2D eigenvalue weighted by Crippen LogP contribution is 2.11. The molecule has 0 saturated carbocycles. The van der Waals surface area contributed by atoms with Gasteiger partial charge in [-0.15, -0.1) is 0 Å². The molecule has 1 atom stereocenters. The highest BCUT2D eigenvalue weighted by atomic mass is 16.4. The Morgan fingerprint density at radius 3 is 2.62 bits per heavy atom. The van der Waals surface area contributed by atoms with Crippen LogP contribution in [0.5, 0.6) is 0 Å². The summed E-state index contributed by atoms with van der Waals surface area (Å²) in [5, 5.41) is 11.2. The minimum Gasteiger partial charge on any atom is -0.480 e. The molecule has 0 aliphatic heterocycles. The molecule has 2 N–H and O–H groups in total. The summed E-state index contributed by atoms with van der Waals surface area (Å²) >= 11 is 0. The normalized spacial score (nSPS) is 11.9. The van der Waals surface area contributed by atoms with Crippen LogP contribution >= 0.6 is 0 Å². The van der Waals surface area contributed by atoms with Gasteiger partial charge in [-0.25, -0.2) is 4.79 Å². The van der Waals surface area contributed by atoms with Gasteiger partial charge >= 0.3 is 5.97 Å². The molecule has 1 aromatic carbocycles. The molecule has 0 aliphatic rings. The quantitative estimate of drug-likeness (QED) is 0.730. The van der Waals surface area contributed by atoms with Gasteiger partial charge in [-0.1, -0.05) is 18.2 Å². The van der Waals surface area contributed by atoms with Crippen LogP contribution in [0.3, 0.4) is 0 Å². The molecule has 1 amide bonds. The summed E-state index contributed by atoms with van der Waals surface area (Å²) in [7, 11) is 0. The van der Waals surface area contributed by atoms with Crippen LogP contribution < -0.4 is 5.32 Å². The predicted molar refractivity (Wildman–Crippen MR) is 60.2 cm³/mol. The number of benzene rings is 1. The molecular formula is C12H15NO3. The van der Waals surface area contributed by atoms with Crippen molar-refractivity contribution in [2.24, 2.45) is 0 Å². The number of nitrogens with one attached hydrogen (secondary N) is 1. The largest absolute Gasteiger partial charge is 0.480 e. The van der Waals surface area contributed by atoms with E-state index in [1.54, 1.807) is 0 Å². The predicted octanol–water partition coefficient (Wildman–Crippen LogP) is 1.05. The Bertz CT molecular complexity index is 401. The van der Waals surface area contributed by atoms with E-state index in [4.69, 9.17) is 5.11 Å². The van der Waals surface area contributed by atoms with Crippen LogP contribution in [0.25, 0.3) is 0 Å². The number of carboxylic acids is 1. The molecule has 4 nitrogen and oxygen atoms in total. The van der Waals surface area contributed by atoms with E-state index in [-0.39, 0.29) is 0 Å². The first-order valence-electron chi connectivity index (χ1n) is 5.03. The third-order valence-corrected chi connectivity index (χ3v) is 2.58. The molecule has 0 fully saturated rings. The molecule has 1 rings (SSSR count). The fourth-order valence-electron chi connectivity index (χ4n) is 1.47. The number of hydrogen-bond donors (Lipinski definition) is 2. The highest BCUT2D eigenvalue weighted by Gasteiger charge is 2.16. The van der Waals surface area contributed by atoms with Crippen molar-refractivity contribution in [1.29, 1.82) is 0 Å². The molecule has 0 unspecified atom stereocenters. The third-order valence-electron chi connectivity index (χ3n) is 2.58. The molecule has 86 valence electrons. The molecule has 16 heavy (non-hydrogen) atoms. The Balaban J connectivity index is 2.81. The second-order valence-corrected chi connectivity index (χ2v) is 3.80.